The van der Waals surface area contributed by atoms with Gasteiger partial charge in [-0.3, -0.25) is 9.78 Å². The van der Waals surface area contributed by atoms with Crippen LogP contribution in [0.15, 0.2) is 66.9 Å². The topological polar surface area (TPSA) is 84.2 Å². The van der Waals surface area contributed by atoms with Gasteiger partial charge in [0, 0.05) is 11.9 Å². The average Bonchev–Trinajstić information content (AvgIpc) is 2.82. The van der Waals surface area contributed by atoms with Crippen molar-refractivity contribution in [2.24, 2.45) is 0 Å². The monoisotopic (exact) mass is 467 g/mol. The fourth-order valence-electron chi connectivity index (χ4n) is 2.91. The van der Waals surface area contributed by atoms with Gasteiger partial charge in [-0.15, -0.1) is 0 Å². The quantitative estimate of drug-likeness (QED) is 0.437. The van der Waals surface area contributed by atoms with Crippen LogP contribution in [0.5, 0.6) is 11.5 Å². The lowest BCUT2D eigenvalue weighted by Crippen LogP contribution is -2.20. The standard InChI is InChI=1S/C25H20F3N3O3/c1-2-33-23-13-17(12-18(14-29)21-10-9-19(15-30-21)25(26,27)28)8-11-22(23)34-16-24(32)31-20-6-4-3-5-7-20/h3-13,15H,2,16H2,1H3,(H,31,32)/b18-12+. The summed E-state index contributed by atoms with van der Waals surface area (Å²) in [6.45, 7) is 1.86. The number of alkyl halides is 3. The van der Waals surface area contributed by atoms with E-state index in [1.54, 1.807) is 49.4 Å². The minimum atomic E-state index is -4.51. The molecule has 1 heterocycles. The third kappa shape index (κ3) is 6.59. The molecule has 9 heteroatoms. The number of halogens is 3. The van der Waals surface area contributed by atoms with Gasteiger partial charge < -0.3 is 14.8 Å². The Hall–Kier alpha value is -4.32. The first kappa shape index (κ1) is 24.3. The molecule has 1 aromatic heterocycles. The van der Waals surface area contributed by atoms with Crippen molar-refractivity contribution in [1.29, 1.82) is 5.26 Å². The number of amides is 1. The maximum absolute atomic E-state index is 12.8. The van der Waals surface area contributed by atoms with E-state index in [0.717, 1.165) is 12.1 Å². The molecule has 0 fully saturated rings. The number of nitriles is 1. The first-order valence-corrected chi connectivity index (χ1v) is 10.2. The summed E-state index contributed by atoms with van der Waals surface area (Å²) >= 11 is 0. The Kier molecular flexibility index (Phi) is 7.88. The molecule has 0 atom stereocenters. The summed E-state index contributed by atoms with van der Waals surface area (Å²) < 4.78 is 49.5. The summed E-state index contributed by atoms with van der Waals surface area (Å²) in [5.41, 5.74) is 0.466. The number of nitrogens with zero attached hydrogens (tertiary/aromatic N) is 2. The van der Waals surface area contributed by atoms with E-state index in [9.17, 15) is 23.2 Å². The van der Waals surface area contributed by atoms with Gasteiger partial charge >= 0.3 is 6.18 Å². The molecule has 2 aromatic carbocycles. The zero-order valence-electron chi connectivity index (χ0n) is 18.1. The van der Waals surface area contributed by atoms with Crippen molar-refractivity contribution in [1.82, 2.24) is 4.98 Å². The lowest BCUT2D eigenvalue weighted by Gasteiger charge is -2.13. The predicted octanol–water partition coefficient (Wildman–Crippen LogP) is 5.58. The van der Waals surface area contributed by atoms with Crippen molar-refractivity contribution in [2.75, 3.05) is 18.5 Å². The van der Waals surface area contributed by atoms with Crippen LogP contribution in [0, 0.1) is 11.3 Å². The number of hydrogen-bond donors (Lipinski definition) is 1. The summed E-state index contributed by atoms with van der Waals surface area (Å²) in [7, 11) is 0. The van der Waals surface area contributed by atoms with Crippen molar-refractivity contribution in [2.45, 2.75) is 13.1 Å². The van der Waals surface area contributed by atoms with Crippen molar-refractivity contribution >= 4 is 23.2 Å². The van der Waals surface area contributed by atoms with Gasteiger partial charge in [0.05, 0.1) is 23.4 Å². The molecule has 0 bridgehead atoms. The molecule has 3 rings (SSSR count). The number of pyridine rings is 1. The maximum atomic E-state index is 12.8. The molecule has 0 unspecified atom stereocenters. The highest BCUT2D eigenvalue weighted by molar-refractivity contribution is 5.92. The van der Waals surface area contributed by atoms with Crippen molar-refractivity contribution in [3.63, 3.8) is 0 Å². The number of allylic oxidation sites excluding steroid dienone is 1. The summed E-state index contributed by atoms with van der Waals surface area (Å²) in [5, 5.41) is 12.2. The molecule has 0 spiro atoms. The van der Waals surface area contributed by atoms with Gasteiger partial charge in [-0.05, 0) is 55.0 Å². The number of para-hydroxylation sites is 1. The summed E-state index contributed by atoms with van der Waals surface area (Å²) in [4.78, 5) is 15.9. The van der Waals surface area contributed by atoms with Gasteiger partial charge in [0.2, 0.25) is 0 Å². The number of benzene rings is 2. The summed E-state index contributed by atoms with van der Waals surface area (Å²) in [5.74, 6) is 0.326. The van der Waals surface area contributed by atoms with E-state index in [2.05, 4.69) is 10.3 Å². The van der Waals surface area contributed by atoms with Crippen LogP contribution in [-0.2, 0) is 11.0 Å². The molecule has 0 aliphatic rings. The van der Waals surface area contributed by atoms with Crippen LogP contribution >= 0.6 is 0 Å². The second-order valence-corrected chi connectivity index (χ2v) is 6.94. The van der Waals surface area contributed by atoms with Gasteiger partial charge in [0.15, 0.2) is 18.1 Å². The molecule has 1 N–H and O–H groups in total. The minimum Gasteiger partial charge on any atom is -0.490 e. The number of nitrogens with one attached hydrogen (secondary N) is 1. The number of aromatic nitrogens is 1. The lowest BCUT2D eigenvalue weighted by molar-refractivity contribution is -0.137. The van der Waals surface area contributed by atoms with E-state index in [1.807, 2.05) is 12.1 Å². The predicted molar refractivity (Wildman–Crippen MR) is 121 cm³/mol. The molecule has 0 saturated heterocycles. The van der Waals surface area contributed by atoms with Gasteiger partial charge in [0.1, 0.15) is 6.07 Å². The van der Waals surface area contributed by atoms with E-state index in [4.69, 9.17) is 9.47 Å². The fourth-order valence-corrected chi connectivity index (χ4v) is 2.91. The van der Waals surface area contributed by atoms with E-state index in [-0.39, 0.29) is 23.8 Å². The van der Waals surface area contributed by atoms with E-state index < -0.39 is 11.7 Å². The van der Waals surface area contributed by atoms with Crippen LogP contribution in [0.3, 0.4) is 0 Å². The third-order valence-corrected chi connectivity index (χ3v) is 4.48. The SMILES string of the molecule is CCOc1cc(/C=C(\C#N)c2ccc(C(F)(F)F)cn2)ccc1OCC(=O)Nc1ccccc1. The number of ether oxygens (including phenoxy) is 2. The van der Waals surface area contributed by atoms with Crippen LogP contribution in [0.2, 0.25) is 0 Å². The van der Waals surface area contributed by atoms with E-state index >= 15 is 0 Å². The Balaban J connectivity index is 1.76. The Morgan fingerprint density at radius 1 is 1.09 bits per heavy atom. The van der Waals surface area contributed by atoms with E-state index in [1.165, 1.54) is 6.08 Å². The van der Waals surface area contributed by atoms with Crippen molar-refractivity contribution in [3.8, 4) is 17.6 Å². The number of rotatable bonds is 8. The number of carbonyl (C=O) groups excluding carboxylic acids is 1. The van der Waals surface area contributed by atoms with Crippen LogP contribution in [0.1, 0.15) is 23.7 Å². The van der Waals surface area contributed by atoms with Crippen molar-refractivity contribution in [3.05, 3.63) is 83.7 Å². The normalized spacial score (nSPS) is 11.4. The Bertz CT molecular complexity index is 1200. The molecular weight excluding hydrogens is 447 g/mol. The van der Waals surface area contributed by atoms with Gasteiger partial charge in [-0.2, -0.15) is 18.4 Å². The fraction of sp³-hybridized carbons (Fsp3) is 0.160. The minimum absolute atomic E-state index is 0.0760. The number of carbonyl (C=O) groups is 1. The second-order valence-electron chi connectivity index (χ2n) is 6.94. The number of anilines is 1. The molecule has 0 aliphatic heterocycles. The highest BCUT2D eigenvalue weighted by atomic mass is 19.4. The Labute approximate surface area is 194 Å². The molecule has 0 saturated carbocycles. The van der Waals surface area contributed by atoms with E-state index in [0.29, 0.717) is 35.6 Å². The zero-order chi connectivity index (χ0) is 24.6. The Morgan fingerprint density at radius 3 is 2.47 bits per heavy atom. The van der Waals surface area contributed by atoms with Gasteiger partial charge in [-0.1, -0.05) is 24.3 Å². The summed E-state index contributed by atoms with van der Waals surface area (Å²) in [6.07, 6.45) is -2.35. The van der Waals surface area contributed by atoms with Crippen LogP contribution in [-0.4, -0.2) is 24.1 Å². The molecule has 6 nitrogen and oxygen atoms in total. The molecule has 174 valence electrons. The molecule has 3 aromatic rings. The first-order valence-electron chi connectivity index (χ1n) is 10.2. The Morgan fingerprint density at radius 2 is 1.85 bits per heavy atom. The molecule has 34 heavy (non-hydrogen) atoms. The smallest absolute Gasteiger partial charge is 0.417 e. The van der Waals surface area contributed by atoms with Crippen LogP contribution < -0.4 is 14.8 Å². The average molecular weight is 467 g/mol. The molecule has 1 amide bonds. The zero-order valence-corrected chi connectivity index (χ0v) is 18.1. The van der Waals surface area contributed by atoms with Gasteiger partial charge in [0.25, 0.3) is 5.91 Å². The largest absolute Gasteiger partial charge is 0.490 e. The molecule has 0 aliphatic carbocycles. The highest BCUT2D eigenvalue weighted by Crippen LogP contribution is 2.31. The molecule has 0 radical (unpaired) electrons. The lowest BCUT2D eigenvalue weighted by atomic mass is 10.1. The van der Waals surface area contributed by atoms with Crippen molar-refractivity contribution < 1.29 is 27.4 Å². The van der Waals surface area contributed by atoms with Gasteiger partial charge in [-0.25, -0.2) is 0 Å². The number of hydrogen-bond acceptors (Lipinski definition) is 5. The first-order chi connectivity index (χ1) is 16.3. The van der Waals surface area contributed by atoms with Crippen LogP contribution in [0.4, 0.5) is 18.9 Å². The summed E-state index contributed by atoms with van der Waals surface area (Å²) in [6, 6.07) is 17.7. The maximum Gasteiger partial charge on any atom is 0.417 e. The third-order valence-electron chi connectivity index (χ3n) is 4.48. The second kappa shape index (κ2) is 11.0. The highest BCUT2D eigenvalue weighted by Gasteiger charge is 2.30. The van der Waals surface area contributed by atoms with Crippen LogP contribution in [0.25, 0.3) is 11.6 Å². The molecular formula is C25H20F3N3O3.